The summed E-state index contributed by atoms with van der Waals surface area (Å²) in [4.78, 5) is 11.8. The molecule has 3 saturated carbocycles. The van der Waals surface area contributed by atoms with Crippen LogP contribution in [0.15, 0.2) is 0 Å². The van der Waals surface area contributed by atoms with Gasteiger partial charge in [-0.25, -0.2) is 4.98 Å². The lowest BCUT2D eigenvalue weighted by Gasteiger charge is -2.46. The Kier molecular flexibility index (Phi) is 3.27. The van der Waals surface area contributed by atoms with Crippen molar-refractivity contribution in [1.29, 1.82) is 0 Å². The van der Waals surface area contributed by atoms with E-state index in [4.69, 9.17) is 9.97 Å². The Balaban J connectivity index is 1.61. The summed E-state index contributed by atoms with van der Waals surface area (Å²) in [6.45, 7) is 0. The van der Waals surface area contributed by atoms with Gasteiger partial charge < -0.3 is 10.2 Å². The molecule has 0 aliphatic heterocycles. The van der Waals surface area contributed by atoms with E-state index in [0.29, 0.717) is 6.04 Å². The predicted molar refractivity (Wildman–Crippen MR) is 85.9 cm³/mol. The van der Waals surface area contributed by atoms with E-state index in [1.54, 1.807) is 0 Å². The zero-order valence-electron chi connectivity index (χ0n) is 13.2. The van der Waals surface area contributed by atoms with Gasteiger partial charge in [0.1, 0.15) is 5.82 Å². The number of rotatable bonds is 3. The van der Waals surface area contributed by atoms with Gasteiger partial charge in [0, 0.05) is 25.7 Å². The summed E-state index contributed by atoms with van der Waals surface area (Å²) in [6.07, 6.45) is 10.3. The van der Waals surface area contributed by atoms with Crippen LogP contribution in [-0.2, 0) is 12.8 Å². The number of aromatic nitrogens is 2. The average Bonchev–Trinajstić information content (AvgIpc) is 2.45. The highest BCUT2D eigenvalue weighted by molar-refractivity contribution is 5.53. The van der Waals surface area contributed by atoms with Gasteiger partial charge in [0.2, 0.25) is 5.95 Å². The summed E-state index contributed by atoms with van der Waals surface area (Å²) < 4.78 is 0. The number of hydrogen-bond acceptors (Lipinski definition) is 4. The van der Waals surface area contributed by atoms with E-state index in [9.17, 15) is 0 Å². The highest BCUT2D eigenvalue weighted by Gasteiger charge is 2.40. The highest BCUT2D eigenvalue weighted by Crippen LogP contribution is 2.46. The van der Waals surface area contributed by atoms with Gasteiger partial charge in [-0.15, -0.1) is 0 Å². The van der Waals surface area contributed by atoms with Crippen molar-refractivity contribution in [2.24, 2.45) is 11.8 Å². The molecular weight excluding hydrogens is 260 g/mol. The van der Waals surface area contributed by atoms with E-state index in [1.165, 1.54) is 49.8 Å². The molecule has 1 heterocycles. The molecule has 0 spiro atoms. The second-order valence-corrected chi connectivity index (χ2v) is 7.32. The SMILES string of the molecule is CN(C)c1nc(NC2CCC3CC2C3)nc2c1CCCC2. The number of fused-ring (bicyclic) bond motifs is 3. The fourth-order valence-electron chi connectivity index (χ4n) is 4.37. The maximum Gasteiger partial charge on any atom is 0.225 e. The third kappa shape index (κ3) is 2.39. The molecule has 0 radical (unpaired) electrons. The van der Waals surface area contributed by atoms with Crippen LogP contribution in [0.25, 0.3) is 0 Å². The molecule has 2 bridgehead atoms. The first kappa shape index (κ1) is 13.4. The van der Waals surface area contributed by atoms with Crippen LogP contribution >= 0.6 is 0 Å². The van der Waals surface area contributed by atoms with E-state index in [1.807, 2.05) is 0 Å². The van der Waals surface area contributed by atoms with Gasteiger partial charge >= 0.3 is 0 Å². The van der Waals surface area contributed by atoms with Crippen LogP contribution in [0.1, 0.15) is 49.8 Å². The summed E-state index contributed by atoms with van der Waals surface area (Å²) in [6, 6.07) is 0.603. The van der Waals surface area contributed by atoms with Gasteiger partial charge in [0.25, 0.3) is 0 Å². The van der Waals surface area contributed by atoms with Crippen molar-refractivity contribution in [3.8, 4) is 0 Å². The number of aryl methyl sites for hydroxylation is 1. The van der Waals surface area contributed by atoms with Crippen LogP contribution in [0, 0.1) is 11.8 Å². The second kappa shape index (κ2) is 5.15. The molecule has 1 atom stereocenters. The van der Waals surface area contributed by atoms with Crippen molar-refractivity contribution in [3.05, 3.63) is 11.3 Å². The molecule has 1 N–H and O–H groups in total. The van der Waals surface area contributed by atoms with E-state index in [-0.39, 0.29) is 0 Å². The first-order chi connectivity index (χ1) is 10.2. The minimum atomic E-state index is 0.603. The van der Waals surface area contributed by atoms with Crippen LogP contribution in [-0.4, -0.2) is 30.1 Å². The highest BCUT2D eigenvalue weighted by atomic mass is 15.2. The molecule has 114 valence electrons. The monoisotopic (exact) mass is 286 g/mol. The second-order valence-electron chi connectivity index (χ2n) is 7.32. The largest absolute Gasteiger partial charge is 0.362 e. The third-order valence-corrected chi connectivity index (χ3v) is 5.63. The maximum atomic E-state index is 4.85. The Morgan fingerprint density at radius 3 is 2.57 bits per heavy atom. The lowest BCUT2D eigenvalue weighted by atomic mass is 9.63. The summed E-state index contributed by atoms with van der Waals surface area (Å²) in [5.41, 5.74) is 2.66. The minimum absolute atomic E-state index is 0.603. The molecule has 21 heavy (non-hydrogen) atoms. The van der Waals surface area contributed by atoms with Crippen LogP contribution in [0.4, 0.5) is 11.8 Å². The van der Waals surface area contributed by atoms with Gasteiger partial charge in [0.15, 0.2) is 0 Å². The van der Waals surface area contributed by atoms with Crippen molar-refractivity contribution < 1.29 is 0 Å². The van der Waals surface area contributed by atoms with Gasteiger partial charge in [-0.1, -0.05) is 0 Å². The number of nitrogens with zero attached hydrogens (tertiary/aromatic N) is 3. The lowest BCUT2D eigenvalue weighted by Crippen LogP contribution is -2.44. The Morgan fingerprint density at radius 1 is 1.05 bits per heavy atom. The zero-order chi connectivity index (χ0) is 14.4. The summed E-state index contributed by atoms with van der Waals surface area (Å²) in [5.74, 6) is 3.89. The van der Waals surface area contributed by atoms with E-state index in [2.05, 4.69) is 24.3 Å². The number of nitrogens with one attached hydrogen (secondary N) is 1. The zero-order valence-corrected chi connectivity index (χ0v) is 13.2. The molecule has 4 nitrogen and oxygen atoms in total. The Bertz CT molecular complexity index is 531. The molecule has 0 aromatic carbocycles. The first-order valence-corrected chi connectivity index (χ1v) is 8.54. The van der Waals surface area contributed by atoms with Gasteiger partial charge in [-0.3, -0.25) is 0 Å². The van der Waals surface area contributed by atoms with Crippen molar-refractivity contribution in [2.45, 2.75) is 57.4 Å². The molecule has 3 fully saturated rings. The van der Waals surface area contributed by atoms with E-state index >= 15 is 0 Å². The van der Waals surface area contributed by atoms with E-state index in [0.717, 1.165) is 36.4 Å². The fourth-order valence-corrected chi connectivity index (χ4v) is 4.37. The molecule has 4 aliphatic carbocycles. The molecule has 0 saturated heterocycles. The van der Waals surface area contributed by atoms with Gasteiger partial charge in [-0.05, 0) is 63.2 Å². The van der Waals surface area contributed by atoms with Crippen molar-refractivity contribution in [3.63, 3.8) is 0 Å². The van der Waals surface area contributed by atoms with Crippen molar-refractivity contribution >= 4 is 11.8 Å². The Hall–Kier alpha value is -1.32. The fraction of sp³-hybridized carbons (Fsp3) is 0.765. The summed E-state index contributed by atoms with van der Waals surface area (Å²) in [7, 11) is 4.19. The Labute approximate surface area is 127 Å². The molecule has 4 aliphatic rings. The molecule has 4 heteroatoms. The predicted octanol–water partition coefficient (Wildman–Crippen LogP) is 3.02. The van der Waals surface area contributed by atoms with Crippen LogP contribution < -0.4 is 10.2 Å². The molecule has 1 aromatic rings. The maximum absolute atomic E-state index is 4.85. The van der Waals surface area contributed by atoms with Crippen LogP contribution in [0.3, 0.4) is 0 Å². The van der Waals surface area contributed by atoms with Crippen LogP contribution in [0.2, 0.25) is 0 Å². The van der Waals surface area contributed by atoms with Crippen molar-refractivity contribution in [1.82, 2.24) is 9.97 Å². The molecular formula is C17H26N4. The van der Waals surface area contributed by atoms with E-state index < -0.39 is 0 Å². The Morgan fingerprint density at radius 2 is 1.86 bits per heavy atom. The van der Waals surface area contributed by atoms with Crippen LogP contribution in [0.5, 0.6) is 0 Å². The standard InChI is InChI=1S/C17H26N4/c1-21(2)16-13-5-3-4-6-15(13)19-17(20-16)18-14-8-7-11-9-12(14)10-11/h11-12,14H,3-10H2,1-2H3,(H,18,19,20). The summed E-state index contributed by atoms with van der Waals surface area (Å²) >= 11 is 0. The van der Waals surface area contributed by atoms with Gasteiger partial charge in [-0.2, -0.15) is 4.98 Å². The average molecular weight is 286 g/mol. The van der Waals surface area contributed by atoms with Gasteiger partial charge in [0.05, 0.1) is 5.69 Å². The summed E-state index contributed by atoms with van der Waals surface area (Å²) in [5, 5.41) is 3.67. The number of anilines is 2. The third-order valence-electron chi connectivity index (χ3n) is 5.63. The minimum Gasteiger partial charge on any atom is -0.362 e. The molecule has 0 amide bonds. The quantitative estimate of drug-likeness (QED) is 0.927. The molecule has 5 rings (SSSR count). The lowest BCUT2D eigenvalue weighted by molar-refractivity contribution is 0.1000. The van der Waals surface area contributed by atoms with Crippen molar-refractivity contribution in [2.75, 3.05) is 24.3 Å². The topological polar surface area (TPSA) is 41.1 Å². The molecule has 1 unspecified atom stereocenters. The number of hydrogen-bond donors (Lipinski definition) is 1. The normalized spacial score (nSPS) is 30.3. The first-order valence-electron chi connectivity index (χ1n) is 8.54. The molecule has 1 aromatic heterocycles. The smallest absolute Gasteiger partial charge is 0.225 e.